The van der Waals surface area contributed by atoms with Gasteiger partial charge >= 0.3 is 0 Å². The van der Waals surface area contributed by atoms with Gasteiger partial charge in [-0.3, -0.25) is 9.69 Å². The monoisotopic (exact) mass is 427 g/mol. The van der Waals surface area contributed by atoms with E-state index in [4.69, 9.17) is 11.6 Å². The van der Waals surface area contributed by atoms with Crippen LogP contribution in [0, 0.1) is 5.92 Å². The maximum Gasteiger partial charge on any atom is 0.237 e. The van der Waals surface area contributed by atoms with E-state index in [0.717, 1.165) is 36.9 Å². The van der Waals surface area contributed by atoms with E-state index in [9.17, 15) is 13.2 Å². The molecule has 2 aliphatic rings. The van der Waals surface area contributed by atoms with E-state index >= 15 is 0 Å². The first-order chi connectivity index (χ1) is 13.2. The molecule has 0 N–H and O–H groups in total. The molecule has 0 spiro atoms. The van der Waals surface area contributed by atoms with Crippen molar-refractivity contribution in [3.63, 3.8) is 0 Å². The predicted molar refractivity (Wildman–Crippen MR) is 114 cm³/mol. The van der Waals surface area contributed by atoms with Crippen LogP contribution in [0.1, 0.15) is 20.3 Å². The van der Waals surface area contributed by atoms with Gasteiger partial charge in [0.15, 0.2) is 9.84 Å². The molecule has 6 nitrogen and oxygen atoms in total. The minimum atomic E-state index is -3.01. The smallest absolute Gasteiger partial charge is 0.237 e. The fourth-order valence-corrected chi connectivity index (χ4v) is 5.90. The Bertz CT molecular complexity index is 792. The van der Waals surface area contributed by atoms with E-state index in [1.165, 1.54) is 0 Å². The van der Waals surface area contributed by atoms with Crippen LogP contribution in [0.5, 0.6) is 0 Å². The summed E-state index contributed by atoms with van der Waals surface area (Å²) in [5, 5.41) is 0.728. The summed E-state index contributed by atoms with van der Waals surface area (Å²) in [6.45, 7) is 8.38. The summed E-state index contributed by atoms with van der Waals surface area (Å²) in [6.07, 6.45) is 0.559. The number of piperazine rings is 1. The number of nitrogens with zero attached hydrogens (tertiary/aromatic N) is 3. The highest BCUT2D eigenvalue weighted by Crippen LogP contribution is 2.22. The Morgan fingerprint density at radius 2 is 1.96 bits per heavy atom. The molecule has 1 aromatic rings. The molecule has 2 fully saturated rings. The Morgan fingerprint density at radius 3 is 2.54 bits per heavy atom. The highest BCUT2D eigenvalue weighted by atomic mass is 35.5. The third-order valence-electron chi connectivity index (χ3n) is 5.44. The molecule has 0 saturated carbocycles. The maximum atomic E-state index is 13.0. The molecule has 1 aromatic carbocycles. The molecule has 1 amide bonds. The van der Waals surface area contributed by atoms with Gasteiger partial charge < -0.3 is 9.80 Å². The predicted octanol–water partition coefficient (Wildman–Crippen LogP) is 2.13. The molecule has 0 aromatic heterocycles. The molecule has 3 rings (SSSR count). The van der Waals surface area contributed by atoms with Crippen LogP contribution in [-0.4, -0.2) is 80.9 Å². The number of anilines is 1. The largest absolute Gasteiger partial charge is 0.369 e. The molecule has 2 aliphatic heterocycles. The molecule has 0 unspecified atom stereocenters. The van der Waals surface area contributed by atoms with Gasteiger partial charge in [0.2, 0.25) is 5.91 Å². The third-order valence-corrected chi connectivity index (χ3v) is 7.42. The zero-order chi connectivity index (χ0) is 20.3. The van der Waals surface area contributed by atoms with Gasteiger partial charge in [0.25, 0.3) is 0 Å². The maximum absolute atomic E-state index is 13.0. The van der Waals surface area contributed by atoms with Crippen molar-refractivity contribution in [3.05, 3.63) is 29.3 Å². The Labute approximate surface area is 173 Å². The summed E-state index contributed by atoms with van der Waals surface area (Å²) >= 11 is 6.09. The number of carbonyl (C=O) groups is 1. The third kappa shape index (κ3) is 5.61. The van der Waals surface area contributed by atoms with Crippen LogP contribution in [0.3, 0.4) is 0 Å². The Kier molecular flexibility index (Phi) is 6.89. The average molecular weight is 428 g/mol. The van der Waals surface area contributed by atoms with Crippen LogP contribution in [0.2, 0.25) is 5.02 Å². The Hall–Kier alpha value is -1.31. The number of sulfone groups is 1. The number of rotatable bonds is 6. The number of benzene rings is 1. The number of halogens is 1. The topological polar surface area (TPSA) is 60.9 Å². The lowest BCUT2D eigenvalue weighted by Crippen LogP contribution is -2.52. The van der Waals surface area contributed by atoms with Crippen LogP contribution in [0.4, 0.5) is 5.69 Å². The summed E-state index contributed by atoms with van der Waals surface area (Å²) in [5.74, 6) is 0.658. The summed E-state index contributed by atoms with van der Waals surface area (Å²) in [5.41, 5.74) is 1.11. The van der Waals surface area contributed by atoms with E-state index in [1.54, 1.807) is 0 Å². The van der Waals surface area contributed by atoms with E-state index in [2.05, 4.69) is 29.7 Å². The van der Waals surface area contributed by atoms with Crippen LogP contribution >= 0.6 is 11.6 Å². The van der Waals surface area contributed by atoms with Gasteiger partial charge in [0, 0.05) is 49.5 Å². The van der Waals surface area contributed by atoms with E-state index < -0.39 is 9.84 Å². The second kappa shape index (κ2) is 9.01. The lowest BCUT2D eigenvalue weighted by Gasteiger charge is -2.37. The minimum absolute atomic E-state index is 0.0482. The average Bonchev–Trinajstić information content (AvgIpc) is 2.99. The van der Waals surface area contributed by atoms with Gasteiger partial charge in [-0.1, -0.05) is 31.5 Å². The number of hydrogen-bond acceptors (Lipinski definition) is 5. The second-order valence-corrected chi connectivity index (χ2v) is 10.9. The fourth-order valence-electron chi connectivity index (χ4n) is 3.99. The molecule has 1 atom stereocenters. The Balaban J connectivity index is 1.57. The fraction of sp³-hybridized carbons (Fsp3) is 0.650. The normalized spacial score (nSPS) is 22.6. The molecule has 0 aliphatic carbocycles. The van der Waals surface area contributed by atoms with Crippen molar-refractivity contribution >= 4 is 33.0 Å². The van der Waals surface area contributed by atoms with Gasteiger partial charge in [-0.15, -0.1) is 0 Å². The first-order valence-corrected chi connectivity index (χ1v) is 12.2. The van der Waals surface area contributed by atoms with Crippen molar-refractivity contribution < 1.29 is 13.2 Å². The molecule has 0 bridgehead atoms. The van der Waals surface area contributed by atoms with Gasteiger partial charge in [0.1, 0.15) is 0 Å². The standard InChI is InChI=1S/C20H30ClN3O3S/c1-16(2)13-24(19-6-11-28(26,27)15-19)20(25)14-22-7-9-23(10-8-22)18-5-3-4-17(21)12-18/h3-5,12,16,19H,6-11,13-15H2,1-2H3/t19-/m0/s1. The van der Waals surface area contributed by atoms with Gasteiger partial charge in [-0.05, 0) is 30.5 Å². The van der Waals surface area contributed by atoms with Crippen LogP contribution in [-0.2, 0) is 14.6 Å². The molecule has 2 heterocycles. The Morgan fingerprint density at radius 1 is 1.25 bits per heavy atom. The van der Waals surface area contributed by atoms with Crippen LogP contribution < -0.4 is 4.90 Å². The van der Waals surface area contributed by atoms with Crippen molar-refractivity contribution in [2.45, 2.75) is 26.3 Å². The first kappa shape index (κ1) is 21.4. The van der Waals surface area contributed by atoms with Crippen molar-refractivity contribution in [1.82, 2.24) is 9.80 Å². The first-order valence-electron chi connectivity index (χ1n) is 9.96. The van der Waals surface area contributed by atoms with Gasteiger partial charge in [-0.2, -0.15) is 0 Å². The van der Waals surface area contributed by atoms with Crippen molar-refractivity contribution in [2.75, 3.05) is 55.7 Å². The van der Waals surface area contributed by atoms with Gasteiger partial charge in [0.05, 0.1) is 18.1 Å². The number of hydrogen-bond donors (Lipinski definition) is 0. The van der Waals surface area contributed by atoms with E-state index in [-0.39, 0.29) is 23.5 Å². The summed E-state index contributed by atoms with van der Waals surface area (Å²) in [4.78, 5) is 19.3. The molecular formula is C20H30ClN3O3S. The SMILES string of the molecule is CC(C)CN(C(=O)CN1CCN(c2cccc(Cl)c2)CC1)[C@H]1CCS(=O)(=O)C1. The summed E-state index contributed by atoms with van der Waals surface area (Å²) < 4.78 is 23.8. The quantitative estimate of drug-likeness (QED) is 0.696. The highest BCUT2D eigenvalue weighted by molar-refractivity contribution is 7.91. The number of amides is 1. The highest BCUT2D eigenvalue weighted by Gasteiger charge is 2.35. The van der Waals surface area contributed by atoms with Crippen LogP contribution in [0.15, 0.2) is 24.3 Å². The second-order valence-electron chi connectivity index (χ2n) is 8.24. The lowest BCUT2D eigenvalue weighted by molar-refractivity contribution is -0.135. The van der Waals surface area contributed by atoms with Crippen LogP contribution in [0.25, 0.3) is 0 Å². The molecule has 156 valence electrons. The molecule has 28 heavy (non-hydrogen) atoms. The van der Waals surface area contributed by atoms with E-state index in [0.29, 0.717) is 25.4 Å². The van der Waals surface area contributed by atoms with Gasteiger partial charge in [-0.25, -0.2) is 8.42 Å². The summed E-state index contributed by atoms with van der Waals surface area (Å²) in [6, 6.07) is 7.66. The number of carbonyl (C=O) groups excluding carboxylic acids is 1. The molecular weight excluding hydrogens is 398 g/mol. The van der Waals surface area contributed by atoms with Crippen molar-refractivity contribution in [3.8, 4) is 0 Å². The zero-order valence-corrected chi connectivity index (χ0v) is 18.3. The molecule has 0 radical (unpaired) electrons. The summed E-state index contributed by atoms with van der Waals surface area (Å²) in [7, 11) is -3.01. The zero-order valence-electron chi connectivity index (χ0n) is 16.7. The van der Waals surface area contributed by atoms with E-state index in [1.807, 2.05) is 23.1 Å². The molecule has 2 saturated heterocycles. The van der Waals surface area contributed by atoms with Crippen molar-refractivity contribution in [2.24, 2.45) is 5.92 Å². The molecule has 8 heteroatoms. The minimum Gasteiger partial charge on any atom is -0.369 e. The lowest BCUT2D eigenvalue weighted by atomic mass is 10.1. The van der Waals surface area contributed by atoms with Crippen molar-refractivity contribution in [1.29, 1.82) is 0 Å².